The van der Waals surface area contributed by atoms with Gasteiger partial charge in [0.1, 0.15) is 18.0 Å². The predicted octanol–water partition coefficient (Wildman–Crippen LogP) is 5.50. The molecule has 0 radical (unpaired) electrons. The normalized spacial score (nSPS) is 11.4. The lowest BCUT2D eigenvalue weighted by Crippen LogP contribution is -2.06. The van der Waals surface area contributed by atoms with Crippen molar-refractivity contribution in [3.05, 3.63) is 99.1 Å². The van der Waals surface area contributed by atoms with Crippen molar-refractivity contribution in [1.29, 1.82) is 0 Å². The second-order valence-corrected chi connectivity index (χ2v) is 6.73. The van der Waals surface area contributed by atoms with Gasteiger partial charge < -0.3 is 9.15 Å². The lowest BCUT2D eigenvalue weighted by Gasteiger charge is -2.09. The van der Waals surface area contributed by atoms with Gasteiger partial charge in [0.2, 0.25) is 0 Å². The van der Waals surface area contributed by atoms with E-state index in [4.69, 9.17) is 20.8 Å². The quantitative estimate of drug-likeness (QED) is 0.194. The third-order valence-corrected chi connectivity index (χ3v) is 4.80. The molecule has 4 nitrogen and oxygen atoms in total. The van der Waals surface area contributed by atoms with E-state index in [1.54, 1.807) is 6.07 Å². The van der Waals surface area contributed by atoms with Crippen LogP contribution in [-0.4, -0.2) is 5.97 Å². The van der Waals surface area contributed by atoms with Gasteiger partial charge in [-0.1, -0.05) is 48.0 Å². The van der Waals surface area contributed by atoms with E-state index in [0.717, 1.165) is 16.8 Å². The van der Waals surface area contributed by atoms with E-state index in [-0.39, 0.29) is 17.2 Å². The Balaban J connectivity index is 1.63. The van der Waals surface area contributed by atoms with Crippen molar-refractivity contribution >= 4 is 45.4 Å². The van der Waals surface area contributed by atoms with Crippen LogP contribution in [0.2, 0.25) is 5.02 Å². The molecule has 29 heavy (non-hydrogen) atoms. The summed E-state index contributed by atoms with van der Waals surface area (Å²) in [6.45, 7) is -0.135. The fraction of sp³-hybridized carbons (Fsp3) is 0.0435. The molecule has 0 saturated carbocycles. The number of rotatable bonds is 4. The zero-order chi connectivity index (χ0) is 20.4. The summed E-state index contributed by atoms with van der Waals surface area (Å²) in [4.78, 5) is 24.0. The molecule has 4 aromatic rings. The maximum atomic E-state index is 13.8. The van der Waals surface area contributed by atoms with E-state index < -0.39 is 17.4 Å². The summed E-state index contributed by atoms with van der Waals surface area (Å²) in [5.74, 6) is -1.23. The largest absolute Gasteiger partial charge is 0.458 e. The number of halogens is 2. The molecule has 3 aromatic carbocycles. The van der Waals surface area contributed by atoms with E-state index in [2.05, 4.69) is 0 Å². The van der Waals surface area contributed by atoms with Crippen molar-refractivity contribution in [2.24, 2.45) is 0 Å². The number of fused-ring (bicyclic) bond motifs is 3. The molecule has 0 aliphatic rings. The summed E-state index contributed by atoms with van der Waals surface area (Å²) < 4.78 is 24.3. The first-order valence-electron chi connectivity index (χ1n) is 8.76. The minimum atomic E-state index is -0.689. The first kappa shape index (κ1) is 18.9. The van der Waals surface area contributed by atoms with Crippen molar-refractivity contribution in [1.82, 2.24) is 0 Å². The third kappa shape index (κ3) is 3.91. The van der Waals surface area contributed by atoms with Gasteiger partial charge in [-0.05, 0) is 35.0 Å². The van der Waals surface area contributed by atoms with Crippen LogP contribution in [0.25, 0.3) is 27.8 Å². The van der Waals surface area contributed by atoms with Gasteiger partial charge in [0.15, 0.2) is 0 Å². The molecule has 0 N–H and O–H groups in total. The Morgan fingerprint density at radius 2 is 1.93 bits per heavy atom. The minimum absolute atomic E-state index is 0.0999. The van der Waals surface area contributed by atoms with Crippen LogP contribution in [0.3, 0.4) is 0 Å². The zero-order valence-electron chi connectivity index (χ0n) is 15.0. The highest BCUT2D eigenvalue weighted by molar-refractivity contribution is 6.32. The van der Waals surface area contributed by atoms with E-state index >= 15 is 0 Å². The summed E-state index contributed by atoms with van der Waals surface area (Å²) in [7, 11) is 0. The Hall–Kier alpha value is -3.44. The average Bonchev–Trinajstić information content (AvgIpc) is 2.71. The van der Waals surface area contributed by atoms with Crippen LogP contribution >= 0.6 is 11.6 Å². The van der Waals surface area contributed by atoms with Crippen LogP contribution in [0.5, 0.6) is 0 Å². The molecule has 0 fully saturated rings. The lowest BCUT2D eigenvalue weighted by atomic mass is 10.0. The summed E-state index contributed by atoms with van der Waals surface area (Å²) >= 11 is 5.94. The number of carbonyl (C=O) groups excluding carboxylic acids is 1. The predicted molar refractivity (Wildman–Crippen MR) is 110 cm³/mol. The molecule has 144 valence electrons. The maximum Gasteiger partial charge on any atom is 0.336 e. The number of hydrogen-bond donors (Lipinski definition) is 0. The molecule has 1 heterocycles. The Morgan fingerprint density at radius 1 is 1.10 bits per heavy atom. The molecule has 0 bridgehead atoms. The van der Waals surface area contributed by atoms with Crippen molar-refractivity contribution in [2.45, 2.75) is 6.61 Å². The lowest BCUT2D eigenvalue weighted by molar-refractivity contribution is -0.138. The molecule has 0 saturated heterocycles. The van der Waals surface area contributed by atoms with Gasteiger partial charge in [0.25, 0.3) is 0 Å². The van der Waals surface area contributed by atoms with Crippen molar-refractivity contribution in [3.8, 4) is 0 Å². The molecule has 0 amide bonds. The van der Waals surface area contributed by atoms with Gasteiger partial charge in [-0.3, -0.25) is 0 Å². The second-order valence-electron chi connectivity index (χ2n) is 6.33. The van der Waals surface area contributed by atoms with Crippen LogP contribution in [0.15, 0.2) is 76.0 Å². The van der Waals surface area contributed by atoms with Crippen LogP contribution in [0, 0.1) is 5.82 Å². The summed E-state index contributed by atoms with van der Waals surface area (Å²) in [5, 5.41) is 2.74. The van der Waals surface area contributed by atoms with Gasteiger partial charge in [0, 0.05) is 28.7 Å². The smallest absolute Gasteiger partial charge is 0.336 e. The highest BCUT2D eigenvalue weighted by atomic mass is 35.5. The van der Waals surface area contributed by atoms with Gasteiger partial charge in [-0.15, -0.1) is 0 Å². The molecule has 0 spiro atoms. The Morgan fingerprint density at radius 3 is 2.76 bits per heavy atom. The van der Waals surface area contributed by atoms with Gasteiger partial charge in [-0.25, -0.2) is 14.0 Å². The zero-order valence-corrected chi connectivity index (χ0v) is 15.8. The number of esters is 1. The van der Waals surface area contributed by atoms with Crippen molar-refractivity contribution < 1.29 is 18.3 Å². The number of ether oxygens (including phenoxy) is 1. The first-order valence-corrected chi connectivity index (χ1v) is 9.14. The molecule has 6 heteroatoms. The Bertz CT molecular complexity index is 1300. The van der Waals surface area contributed by atoms with Crippen LogP contribution in [0.4, 0.5) is 4.39 Å². The minimum Gasteiger partial charge on any atom is -0.458 e. The Kier molecular flexibility index (Phi) is 5.14. The van der Waals surface area contributed by atoms with E-state index in [0.29, 0.717) is 16.5 Å². The Labute approximate surface area is 169 Å². The van der Waals surface area contributed by atoms with Gasteiger partial charge >= 0.3 is 11.6 Å². The average molecular weight is 409 g/mol. The van der Waals surface area contributed by atoms with Crippen LogP contribution < -0.4 is 5.63 Å². The highest BCUT2D eigenvalue weighted by Crippen LogP contribution is 2.28. The van der Waals surface area contributed by atoms with E-state index in [9.17, 15) is 14.0 Å². The molecular formula is C23H14ClFO4. The third-order valence-electron chi connectivity index (χ3n) is 4.47. The second kappa shape index (κ2) is 7.89. The number of hydrogen-bond acceptors (Lipinski definition) is 4. The fourth-order valence-corrected chi connectivity index (χ4v) is 3.38. The fourth-order valence-electron chi connectivity index (χ4n) is 3.15. The molecule has 0 atom stereocenters. The molecule has 0 unspecified atom stereocenters. The van der Waals surface area contributed by atoms with Crippen molar-refractivity contribution in [3.63, 3.8) is 0 Å². The van der Waals surface area contributed by atoms with Crippen molar-refractivity contribution in [2.75, 3.05) is 0 Å². The molecule has 1 aromatic heterocycles. The summed E-state index contributed by atoms with van der Waals surface area (Å²) in [5.41, 5.74) is 0.505. The van der Waals surface area contributed by atoms with Gasteiger partial charge in [-0.2, -0.15) is 0 Å². The number of carbonyl (C=O) groups is 1. The first-order chi connectivity index (χ1) is 14.0. The highest BCUT2D eigenvalue weighted by Gasteiger charge is 2.11. The standard InChI is InChI=1S/C23H14ClFO4/c24-18-6-3-7-19(25)17(18)9-11-21(26)28-13-15-12-22(27)29-20-10-8-14-4-1-2-5-16(14)23(15)20/h1-12H,13H2/b11-9+. The number of benzene rings is 3. The molecular weight excluding hydrogens is 395 g/mol. The van der Waals surface area contributed by atoms with Crippen LogP contribution in [0.1, 0.15) is 11.1 Å². The molecule has 0 aliphatic carbocycles. The maximum absolute atomic E-state index is 13.8. The SMILES string of the molecule is O=C(/C=C/c1c(F)cccc1Cl)OCc1cc(=O)oc2ccc3ccccc3c12. The van der Waals surface area contributed by atoms with E-state index in [1.807, 2.05) is 30.3 Å². The van der Waals surface area contributed by atoms with E-state index in [1.165, 1.54) is 30.3 Å². The summed E-state index contributed by atoms with van der Waals surface area (Å²) in [6, 6.07) is 16.8. The monoisotopic (exact) mass is 408 g/mol. The molecule has 4 rings (SSSR count). The van der Waals surface area contributed by atoms with Gasteiger partial charge in [0.05, 0.1) is 5.02 Å². The topological polar surface area (TPSA) is 56.5 Å². The molecule has 0 aliphatic heterocycles. The van der Waals surface area contributed by atoms with Crippen LogP contribution in [-0.2, 0) is 16.1 Å². The summed E-state index contributed by atoms with van der Waals surface area (Å²) in [6.07, 6.45) is 2.35.